The van der Waals surface area contributed by atoms with Gasteiger partial charge in [0, 0.05) is 6.04 Å². The predicted molar refractivity (Wildman–Crippen MR) is 65.0 cm³/mol. The highest BCUT2D eigenvalue weighted by Gasteiger charge is 2.23. The van der Waals surface area contributed by atoms with Crippen molar-refractivity contribution in [2.24, 2.45) is 11.8 Å². The van der Waals surface area contributed by atoms with Gasteiger partial charge in [-0.1, -0.05) is 26.0 Å². The Labute approximate surface area is 97.0 Å². The van der Waals surface area contributed by atoms with Crippen LogP contribution in [0.3, 0.4) is 0 Å². The summed E-state index contributed by atoms with van der Waals surface area (Å²) in [6, 6.07) is 8.43. The number of benzene rings is 1. The molecule has 1 aliphatic rings. The second-order valence-electron chi connectivity index (χ2n) is 4.77. The molecule has 3 nitrogen and oxygen atoms in total. The van der Waals surface area contributed by atoms with E-state index in [2.05, 4.69) is 31.4 Å². The van der Waals surface area contributed by atoms with E-state index in [4.69, 9.17) is 10.6 Å². The minimum atomic E-state index is 0.204. The molecular weight excluding hydrogens is 200 g/mol. The quantitative estimate of drug-likeness (QED) is 0.591. The Morgan fingerprint density at radius 1 is 1.25 bits per heavy atom. The van der Waals surface area contributed by atoms with E-state index in [0.29, 0.717) is 12.0 Å². The molecule has 0 amide bonds. The first-order valence-corrected chi connectivity index (χ1v) is 5.93. The van der Waals surface area contributed by atoms with Crippen LogP contribution in [0.4, 0.5) is 0 Å². The van der Waals surface area contributed by atoms with Gasteiger partial charge in [0.1, 0.15) is 5.75 Å². The zero-order valence-corrected chi connectivity index (χ0v) is 9.94. The standard InChI is InChI=1S/C13H20N2O/c1-9(2)13(15-14)10-3-5-11(6-4-10)16-12-7-8-12/h3-6,9,12-13,15H,7-8,14H2,1-2H3. The second-order valence-corrected chi connectivity index (χ2v) is 4.77. The summed E-state index contributed by atoms with van der Waals surface area (Å²) in [5.74, 6) is 6.99. The molecule has 1 aromatic carbocycles. The first-order chi connectivity index (χ1) is 7.70. The van der Waals surface area contributed by atoms with Crippen molar-refractivity contribution >= 4 is 0 Å². The van der Waals surface area contributed by atoms with Gasteiger partial charge in [-0.05, 0) is 36.5 Å². The summed E-state index contributed by atoms with van der Waals surface area (Å²) in [5, 5.41) is 0. The minimum Gasteiger partial charge on any atom is -0.490 e. The number of nitrogens with two attached hydrogens (primary N) is 1. The van der Waals surface area contributed by atoms with E-state index in [0.717, 1.165) is 5.75 Å². The molecule has 1 aromatic rings. The fraction of sp³-hybridized carbons (Fsp3) is 0.538. The lowest BCUT2D eigenvalue weighted by Crippen LogP contribution is -2.31. The molecule has 3 heteroatoms. The molecule has 16 heavy (non-hydrogen) atoms. The first kappa shape index (κ1) is 11.4. The van der Waals surface area contributed by atoms with Crippen molar-refractivity contribution in [1.29, 1.82) is 0 Å². The summed E-state index contributed by atoms with van der Waals surface area (Å²) in [6.45, 7) is 4.30. The van der Waals surface area contributed by atoms with Gasteiger partial charge in [0.05, 0.1) is 6.10 Å². The van der Waals surface area contributed by atoms with E-state index in [1.165, 1.54) is 18.4 Å². The van der Waals surface area contributed by atoms with Crippen molar-refractivity contribution < 1.29 is 4.74 Å². The lowest BCUT2D eigenvalue weighted by molar-refractivity contribution is 0.303. The van der Waals surface area contributed by atoms with Crippen molar-refractivity contribution in [1.82, 2.24) is 5.43 Å². The van der Waals surface area contributed by atoms with E-state index < -0.39 is 0 Å². The highest BCUT2D eigenvalue weighted by molar-refractivity contribution is 5.29. The van der Waals surface area contributed by atoms with Crippen LogP contribution in [0, 0.1) is 5.92 Å². The zero-order valence-electron chi connectivity index (χ0n) is 9.94. The van der Waals surface area contributed by atoms with Crippen molar-refractivity contribution in [2.45, 2.75) is 38.8 Å². The normalized spacial score (nSPS) is 17.5. The Hall–Kier alpha value is -1.06. The maximum absolute atomic E-state index is 5.70. The van der Waals surface area contributed by atoms with E-state index >= 15 is 0 Å². The van der Waals surface area contributed by atoms with Crippen LogP contribution in [0.2, 0.25) is 0 Å². The van der Waals surface area contributed by atoms with Gasteiger partial charge in [-0.15, -0.1) is 0 Å². The van der Waals surface area contributed by atoms with E-state index in [1.807, 2.05) is 12.1 Å². The Balaban J connectivity index is 2.04. The third-order valence-corrected chi connectivity index (χ3v) is 2.91. The van der Waals surface area contributed by atoms with Crippen LogP contribution in [0.1, 0.15) is 38.3 Å². The van der Waals surface area contributed by atoms with Gasteiger partial charge in [0.25, 0.3) is 0 Å². The average Bonchev–Trinajstić information content (AvgIpc) is 3.05. The molecule has 88 valence electrons. The van der Waals surface area contributed by atoms with Gasteiger partial charge >= 0.3 is 0 Å². The van der Waals surface area contributed by atoms with Gasteiger partial charge in [-0.25, -0.2) is 0 Å². The highest BCUT2D eigenvalue weighted by atomic mass is 16.5. The van der Waals surface area contributed by atoms with Gasteiger partial charge in [-0.3, -0.25) is 11.3 Å². The first-order valence-electron chi connectivity index (χ1n) is 5.93. The fourth-order valence-corrected chi connectivity index (χ4v) is 1.81. The number of nitrogens with one attached hydrogen (secondary N) is 1. The summed E-state index contributed by atoms with van der Waals surface area (Å²) in [7, 11) is 0. The Kier molecular flexibility index (Phi) is 3.46. The van der Waals surface area contributed by atoms with Gasteiger partial charge in [0.2, 0.25) is 0 Å². The third-order valence-electron chi connectivity index (χ3n) is 2.91. The summed E-state index contributed by atoms with van der Waals surface area (Å²) in [6.07, 6.45) is 2.85. The molecule has 0 radical (unpaired) electrons. The topological polar surface area (TPSA) is 47.3 Å². The second kappa shape index (κ2) is 4.85. The van der Waals surface area contributed by atoms with Crippen molar-refractivity contribution in [3.05, 3.63) is 29.8 Å². The van der Waals surface area contributed by atoms with E-state index in [9.17, 15) is 0 Å². The van der Waals surface area contributed by atoms with Gasteiger partial charge < -0.3 is 4.74 Å². The molecule has 2 rings (SSSR count). The maximum Gasteiger partial charge on any atom is 0.119 e. The largest absolute Gasteiger partial charge is 0.490 e. The van der Waals surface area contributed by atoms with Crippen LogP contribution in [0.5, 0.6) is 5.75 Å². The Morgan fingerprint density at radius 3 is 2.31 bits per heavy atom. The molecule has 1 saturated carbocycles. The Bertz CT molecular complexity index is 330. The SMILES string of the molecule is CC(C)C(NN)c1ccc(OC2CC2)cc1. The number of hydrazine groups is 1. The molecule has 1 fully saturated rings. The van der Waals surface area contributed by atoms with Crippen molar-refractivity contribution in [2.75, 3.05) is 0 Å². The summed E-state index contributed by atoms with van der Waals surface area (Å²) < 4.78 is 5.70. The van der Waals surface area contributed by atoms with Crippen LogP contribution in [0.15, 0.2) is 24.3 Å². The third kappa shape index (κ3) is 2.74. The lowest BCUT2D eigenvalue weighted by Gasteiger charge is -2.20. The van der Waals surface area contributed by atoms with Gasteiger partial charge in [0.15, 0.2) is 0 Å². The van der Waals surface area contributed by atoms with Crippen LogP contribution in [0.25, 0.3) is 0 Å². The van der Waals surface area contributed by atoms with Crippen LogP contribution >= 0.6 is 0 Å². The average molecular weight is 220 g/mol. The lowest BCUT2D eigenvalue weighted by atomic mass is 9.97. The molecule has 0 saturated heterocycles. The van der Waals surface area contributed by atoms with Crippen molar-refractivity contribution in [3.8, 4) is 5.75 Å². The molecule has 1 atom stereocenters. The molecule has 0 spiro atoms. The van der Waals surface area contributed by atoms with Crippen LogP contribution < -0.4 is 16.0 Å². The van der Waals surface area contributed by atoms with E-state index in [1.54, 1.807) is 0 Å². The summed E-state index contributed by atoms with van der Waals surface area (Å²) in [4.78, 5) is 0. The van der Waals surface area contributed by atoms with Gasteiger partial charge in [-0.2, -0.15) is 0 Å². The molecular formula is C13H20N2O. The monoisotopic (exact) mass is 220 g/mol. The Morgan fingerprint density at radius 2 is 1.88 bits per heavy atom. The number of rotatable bonds is 5. The molecule has 0 bridgehead atoms. The number of hydrogen-bond donors (Lipinski definition) is 2. The molecule has 0 heterocycles. The molecule has 0 aliphatic heterocycles. The maximum atomic E-state index is 5.70. The van der Waals surface area contributed by atoms with Crippen LogP contribution in [-0.4, -0.2) is 6.10 Å². The molecule has 1 unspecified atom stereocenters. The fourth-order valence-electron chi connectivity index (χ4n) is 1.81. The smallest absolute Gasteiger partial charge is 0.119 e. The number of ether oxygens (including phenoxy) is 1. The number of hydrogen-bond acceptors (Lipinski definition) is 3. The van der Waals surface area contributed by atoms with Crippen molar-refractivity contribution in [3.63, 3.8) is 0 Å². The molecule has 3 N–H and O–H groups in total. The minimum absolute atomic E-state index is 0.204. The highest BCUT2D eigenvalue weighted by Crippen LogP contribution is 2.28. The summed E-state index contributed by atoms with van der Waals surface area (Å²) in [5.41, 5.74) is 4.06. The van der Waals surface area contributed by atoms with Crippen LogP contribution in [-0.2, 0) is 0 Å². The zero-order chi connectivity index (χ0) is 11.5. The van der Waals surface area contributed by atoms with E-state index in [-0.39, 0.29) is 6.04 Å². The predicted octanol–water partition coefficient (Wildman–Crippen LogP) is 2.39. The molecule has 0 aromatic heterocycles. The molecule has 1 aliphatic carbocycles. The summed E-state index contributed by atoms with van der Waals surface area (Å²) >= 11 is 0.